The topological polar surface area (TPSA) is 132 Å². The lowest BCUT2D eigenvalue weighted by atomic mass is 10.2. The highest BCUT2D eigenvalue weighted by Crippen LogP contribution is 2.25. The Kier molecular flexibility index (Phi) is 7.96. The van der Waals surface area contributed by atoms with E-state index in [-0.39, 0.29) is 35.3 Å². The number of rotatable bonds is 11. The van der Waals surface area contributed by atoms with Gasteiger partial charge >= 0.3 is 0 Å². The minimum Gasteiger partial charge on any atom is -0.459 e. The van der Waals surface area contributed by atoms with Crippen LogP contribution in [0.25, 0.3) is 0 Å². The molecule has 0 radical (unpaired) electrons. The SMILES string of the molecule is O=C(c1ccco1)N(CCCNS(=O)(=O)c1ccc([N+](=O)[O-])cc1)c1ccc(Oc2ccccc2)cc1. The Labute approximate surface area is 213 Å². The van der Waals surface area contributed by atoms with Gasteiger partial charge in [0.2, 0.25) is 10.0 Å². The first-order valence-electron chi connectivity index (χ1n) is 11.3. The average Bonchev–Trinajstić information content (AvgIpc) is 3.45. The number of nitro benzene ring substituents is 1. The molecule has 190 valence electrons. The molecular formula is C26H23N3O7S. The van der Waals surface area contributed by atoms with Crippen LogP contribution in [0.5, 0.6) is 11.5 Å². The molecule has 0 fully saturated rings. The van der Waals surface area contributed by atoms with Crippen LogP contribution in [0.15, 0.2) is 107 Å². The van der Waals surface area contributed by atoms with E-state index in [2.05, 4.69) is 4.72 Å². The van der Waals surface area contributed by atoms with E-state index in [0.717, 1.165) is 12.1 Å². The van der Waals surface area contributed by atoms with Gasteiger partial charge in [0, 0.05) is 30.9 Å². The molecule has 3 aromatic carbocycles. The fourth-order valence-electron chi connectivity index (χ4n) is 3.47. The summed E-state index contributed by atoms with van der Waals surface area (Å²) in [5, 5.41) is 10.8. The minimum absolute atomic E-state index is 0.0382. The number of amides is 1. The molecule has 0 aliphatic heterocycles. The zero-order valence-corrected chi connectivity index (χ0v) is 20.3. The fourth-order valence-corrected chi connectivity index (χ4v) is 4.55. The van der Waals surface area contributed by atoms with E-state index in [1.165, 1.54) is 23.3 Å². The van der Waals surface area contributed by atoms with E-state index in [1.54, 1.807) is 36.4 Å². The lowest BCUT2D eigenvalue weighted by Crippen LogP contribution is -2.34. The number of carbonyl (C=O) groups is 1. The molecule has 0 bridgehead atoms. The standard InChI is InChI=1S/C26H23N3O7S/c30-26(25-8-4-19-35-25)28(20-9-13-23(14-10-20)36-22-6-2-1-3-7-22)18-5-17-27-37(33,34)24-15-11-21(12-16-24)29(31)32/h1-4,6-16,19,27H,5,17-18H2. The summed E-state index contributed by atoms with van der Waals surface area (Å²) < 4.78 is 38.6. The minimum atomic E-state index is -3.88. The maximum atomic E-state index is 13.1. The average molecular weight is 522 g/mol. The molecule has 4 aromatic rings. The summed E-state index contributed by atoms with van der Waals surface area (Å²) in [5.74, 6) is 1.05. The second kappa shape index (κ2) is 11.5. The molecule has 0 spiro atoms. The first kappa shape index (κ1) is 25.6. The third kappa shape index (κ3) is 6.60. The second-order valence-corrected chi connectivity index (χ2v) is 9.61. The highest BCUT2D eigenvalue weighted by atomic mass is 32.2. The third-order valence-corrected chi connectivity index (χ3v) is 6.79. The Morgan fingerprint density at radius 2 is 1.59 bits per heavy atom. The Balaban J connectivity index is 1.42. The highest BCUT2D eigenvalue weighted by Gasteiger charge is 2.21. The number of carbonyl (C=O) groups excluding carboxylic acids is 1. The van der Waals surface area contributed by atoms with Crippen LogP contribution in [0.3, 0.4) is 0 Å². The van der Waals surface area contributed by atoms with Crippen LogP contribution >= 0.6 is 0 Å². The highest BCUT2D eigenvalue weighted by molar-refractivity contribution is 7.89. The van der Waals surface area contributed by atoms with Crippen molar-refractivity contribution in [1.29, 1.82) is 0 Å². The normalized spacial score (nSPS) is 11.1. The molecule has 1 aromatic heterocycles. The van der Waals surface area contributed by atoms with E-state index in [0.29, 0.717) is 23.6 Å². The van der Waals surface area contributed by atoms with Gasteiger partial charge in [-0.1, -0.05) is 18.2 Å². The molecule has 11 heteroatoms. The van der Waals surface area contributed by atoms with E-state index in [1.807, 2.05) is 30.3 Å². The number of hydrogen-bond acceptors (Lipinski definition) is 7. The molecule has 0 aliphatic rings. The summed E-state index contributed by atoms with van der Waals surface area (Å²) in [6.07, 6.45) is 1.70. The number of anilines is 1. The molecule has 1 N–H and O–H groups in total. The van der Waals surface area contributed by atoms with Gasteiger partial charge in [0.15, 0.2) is 5.76 Å². The van der Waals surface area contributed by atoms with E-state index in [4.69, 9.17) is 9.15 Å². The summed E-state index contributed by atoms with van der Waals surface area (Å²) >= 11 is 0. The van der Waals surface area contributed by atoms with Crippen LogP contribution in [-0.2, 0) is 10.0 Å². The molecule has 0 saturated carbocycles. The Bertz CT molecular complexity index is 1440. The number of hydrogen-bond donors (Lipinski definition) is 1. The molecule has 10 nitrogen and oxygen atoms in total. The zero-order chi connectivity index (χ0) is 26.3. The molecule has 0 atom stereocenters. The van der Waals surface area contributed by atoms with Gasteiger partial charge < -0.3 is 14.1 Å². The van der Waals surface area contributed by atoms with Gasteiger partial charge in [-0.2, -0.15) is 0 Å². The van der Waals surface area contributed by atoms with Crippen LogP contribution < -0.4 is 14.4 Å². The van der Waals surface area contributed by atoms with Crippen molar-refractivity contribution in [3.63, 3.8) is 0 Å². The van der Waals surface area contributed by atoms with Crippen molar-refractivity contribution in [1.82, 2.24) is 4.72 Å². The maximum absolute atomic E-state index is 13.1. The molecule has 0 saturated heterocycles. The van der Waals surface area contributed by atoms with Crippen molar-refractivity contribution < 1.29 is 27.3 Å². The molecule has 1 amide bonds. The number of non-ortho nitro benzene ring substituents is 1. The van der Waals surface area contributed by atoms with Gasteiger partial charge in [0.1, 0.15) is 11.5 Å². The van der Waals surface area contributed by atoms with Crippen molar-refractivity contribution in [2.75, 3.05) is 18.0 Å². The number of furan rings is 1. The van der Waals surface area contributed by atoms with Gasteiger partial charge in [0.05, 0.1) is 16.1 Å². The van der Waals surface area contributed by atoms with Gasteiger partial charge in [-0.05, 0) is 67.1 Å². The zero-order valence-electron chi connectivity index (χ0n) is 19.5. The summed E-state index contributed by atoms with van der Waals surface area (Å²) in [6, 6.07) is 24.0. The summed E-state index contributed by atoms with van der Waals surface area (Å²) in [7, 11) is -3.88. The van der Waals surface area contributed by atoms with Gasteiger partial charge in [-0.15, -0.1) is 0 Å². The Morgan fingerprint density at radius 3 is 2.22 bits per heavy atom. The fraction of sp³-hybridized carbons (Fsp3) is 0.115. The van der Waals surface area contributed by atoms with Crippen molar-refractivity contribution >= 4 is 27.3 Å². The third-order valence-electron chi connectivity index (χ3n) is 5.31. The number of sulfonamides is 1. The van der Waals surface area contributed by atoms with E-state index >= 15 is 0 Å². The van der Waals surface area contributed by atoms with Crippen LogP contribution in [0.4, 0.5) is 11.4 Å². The monoisotopic (exact) mass is 521 g/mol. The van der Waals surface area contributed by atoms with Crippen LogP contribution in [0, 0.1) is 10.1 Å². The predicted octanol–water partition coefficient (Wildman–Crippen LogP) is 5.00. The second-order valence-electron chi connectivity index (χ2n) is 7.85. The molecule has 37 heavy (non-hydrogen) atoms. The van der Waals surface area contributed by atoms with Crippen molar-refractivity contribution in [3.8, 4) is 11.5 Å². The molecule has 1 heterocycles. The van der Waals surface area contributed by atoms with Crippen molar-refractivity contribution in [2.45, 2.75) is 11.3 Å². The smallest absolute Gasteiger partial charge is 0.293 e. The molecule has 0 unspecified atom stereocenters. The number of nitrogens with one attached hydrogen (secondary N) is 1. The van der Waals surface area contributed by atoms with Crippen LogP contribution in [-0.4, -0.2) is 32.3 Å². The first-order chi connectivity index (χ1) is 17.8. The Hall–Kier alpha value is -4.48. The maximum Gasteiger partial charge on any atom is 0.293 e. The first-order valence-corrected chi connectivity index (χ1v) is 12.7. The van der Waals surface area contributed by atoms with Gasteiger partial charge in [0.25, 0.3) is 11.6 Å². The largest absolute Gasteiger partial charge is 0.459 e. The lowest BCUT2D eigenvalue weighted by Gasteiger charge is -2.22. The number of ether oxygens (including phenoxy) is 1. The van der Waals surface area contributed by atoms with E-state index < -0.39 is 14.9 Å². The summed E-state index contributed by atoms with van der Waals surface area (Å²) in [5.41, 5.74) is 0.381. The molecular weight excluding hydrogens is 498 g/mol. The van der Waals surface area contributed by atoms with Gasteiger partial charge in [-0.3, -0.25) is 14.9 Å². The Morgan fingerprint density at radius 1 is 0.919 bits per heavy atom. The van der Waals surface area contributed by atoms with Crippen LogP contribution in [0.1, 0.15) is 17.0 Å². The number of benzene rings is 3. The van der Waals surface area contributed by atoms with Crippen molar-refractivity contribution in [2.24, 2.45) is 0 Å². The summed E-state index contributed by atoms with van der Waals surface area (Å²) in [4.78, 5) is 24.7. The van der Waals surface area contributed by atoms with Crippen LogP contribution in [0.2, 0.25) is 0 Å². The predicted molar refractivity (Wildman–Crippen MR) is 136 cm³/mol. The number of nitrogens with zero attached hydrogens (tertiary/aromatic N) is 2. The molecule has 4 rings (SSSR count). The molecule has 0 aliphatic carbocycles. The quantitative estimate of drug-likeness (QED) is 0.167. The lowest BCUT2D eigenvalue weighted by molar-refractivity contribution is -0.384. The number of para-hydroxylation sites is 1. The van der Waals surface area contributed by atoms with Crippen molar-refractivity contribution in [3.05, 3.63) is 113 Å². The summed E-state index contributed by atoms with van der Waals surface area (Å²) in [6.45, 7) is 0.234. The van der Waals surface area contributed by atoms with Gasteiger partial charge in [-0.25, -0.2) is 13.1 Å². The number of nitro groups is 1. The van der Waals surface area contributed by atoms with E-state index in [9.17, 15) is 23.3 Å².